The van der Waals surface area contributed by atoms with Gasteiger partial charge in [0.15, 0.2) is 0 Å². The number of ether oxygens (including phenoxy) is 1. The second-order valence-corrected chi connectivity index (χ2v) is 6.40. The Morgan fingerprint density at radius 1 is 1.35 bits per heavy atom. The molecule has 1 fully saturated rings. The molecular weight excluding hydrogens is 256 g/mol. The molecule has 0 radical (unpaired) electrons. The molecular formula is C15H30N2O3. The number of carbonyl (C=O) groups is 1. The van der Waals surface area contributed by atoms with Crippen LogP contribution in [0.15, 0.2) is 0 Å². The second-order valence-electron chi connectivity index (χ2n) is 6.40. The molecule has 118 valence electrons. The first-order valence-corrected chi connectivity index (χ1v) is 7.72. The van der Waals surface area contributed by atoms with Crippen molar-refractivity contribution < 1.29 is 14.6 Å². The summed E-state index contributed by atoms with van der Waals surface area (Å²) >= 11 is 0. The molecule has 0 aliphatic heterocycles. The van der Waals surface area contributed by atoms with Crippen LogP contribution < -0.4 is 11.1 Å². The Morgan fingerprint density at radius 3 is 2.45 bits per heavy atom. The van der Waals surface area contributed by atoms with Crippen molar-refractivity contribution >= 4 is 5.91 Å². The van der Waals surface area contributed by atoms with Crippen LogP contribution in [0.25, 0.3) is 0 Å². The third-order valence-corrected chi connectivity index (χ3v) is 4.03. The summed E-state index contributed by atoms with van der Waals surface area (Å²) in [6, 6.07) is -0.403. The van der Waals surface area contributed by atoms with Crippen LogP contribution in [0.2, 0.25) is 0 Å². The van der Waals surface area contributed by atoms with Gasteiger partial charge in [0.25, 0.3) is 0 Å². The molecule has 4 N–H and O–H groups in total. The van der Waals surface area contributed by atoms with Crippen LogP contribution in [0.5, 0.6) is 0 Å². The molecule has 1 saturated carbocycles. The van der Waals surface area contributed by atoms with Crippen molar-refractivity contribution in [1.82, 2.24) is 5.32 Å². The maximum Gasteiger partial charge on any atom is 0.234 e. The predicted molar refractivity (Wildman–Crippen MR) is 79.2 cm³/mol. The van der Waals surface area contributed by atoms with Crippen molar-refractivity contribution in [2.75, 3.05) is 13.2 Å². The summed E-state index contributed by atoms with van der Waals surface area (Å²) in [4.78, 5) is 11.2. The van der Waals surface area contributed by atoms with E-state index in [1.54, 1.807) is 0 Å². The highest BCUT2D eigenvalue weighted by Crippen LogP contribution is 2.25. The Morgan fingerprint density at radius 2 is 1.95 bits per heavy atom. The number of aliphatic hydroxyl groups excluding tert-OH is 1. The summed E-state index contributed by atoms with van der Waals surface area (Å²) in [5.74, 6) is 0.527. The highest BCUT2D eigenvalue weighted by atomic mass is 16.5. The number of amides is 1. The van der Waals surface area contributed by atoms with Crippen molar-refractivity contribution in [3.8, 4) is 0 Å². The van der Waals surface area contributed by atoms with Gasteiger partial charge in [0.05, 0.1) is 24.9 Å². The zero-order chi connectivity index (χ0) is 15.1. The monoisotopic (exact) mass is 286 g/mol. The van der Waals surface area contributed by atoms with E-state index in [-0.39, 0.29) is 17.9 Å². The van der Waals surface area contributed by atoms with Crippen LogP contribution in [0.4, 0.5) is 0 Å². The highest BCUT2D eigenvalue weighted by Gasteiger charge is 2.22. The lowest BCUT2D eigenvalue weighted by Gasteiger charge is -2.27. The number of nitrogens with one attached hydrogen (secondary N) is 1. The Hall–Kier alpha value is -0.650. The number of nitrogens with two attached hydrogens (primary N) is 1. The molecule has 1 aliphatic rings. The van der Waals surface area contributed by atoms with Gasteiger partial charge < -0.3 is 20.9 Å². The molecule has 0 aromatic carbocycles. The molecule has 5 heteroatoms. The molecule has 5 nitrogen and oxygen atoms in total. The number of carbonyl (C=O) groups excluding carboxylic acids is 1. The van der Waals surface area contributed by atoms with E-state index in [4.69, 9.17) is 10.5 Å². The fourth-order valence-electron chi connectivity index (χ4n) is 2.63. The Bertz CT molecular complexity index is 289. The van der Waals surface area contributed by atoms with E-state index in [1.807, 2.05) is 13.8 Å². The van der Waals surface area contributed by atoms with Crippen molar-refractivity contribution in [1.29, 1.82) is 0 Å². The van der Waals surface area contributed by atoms with Crippen molar-refractivity contribution in [3.05, 3.63) is 0 Å². The van der Waals surface area contributed by atoms with Gasteiger partial charge in [-0.05, 0) is 37.5 Å². The van der Waals surface area contributed by atoms with Crippen LogP contribution in [0, 0.1) is 11.8 Å². The zero-order valence-corrected chi connectivity index (χ0v) is 13.0. The van der Waals surface area contributed by atoms with Crippen LogP contribution in [0.1, 0.15) is 46.5 Å². The topological polar surface area (TPSA) is 84.6 Å². The minimum absolute atomic E-state index is 0.112. The summed E-state index contributed by atoms with van der Waals surface area (Å²) in [6.07, 6.45) is 4.24. The van der Waals surface area contributed by atoms with Gasteiger partial charge in [-0.15, -0.1) is 0 Å². The molecule has 0 aromatic heterocycles. The quantitative estimate of drug-likeness (QED) is 0.622. The summed E-state index contributed by atoms with van der Waals surface area (Å²) in [7, 11) is 0. The number of rotatable bonds is 8. The smallest absolute Gasteiger partial charge is 0.234 e. The van der Waals surface area contributed by atoms with Gasteiger partial charge in [-0.25, -0.2) is 0 Å². The largest absolute Gasteiger partial charge is 0.389 e. The number of hydrogen-bond acceptors (Lipinski definition) is 4. The molecule has 1 aliphatic carbocycles. The van der Waals surface area contributed by atoms with Gasteiger partial charge in [-0.1, -0.05) is 20.8 Å². The van der Waals surface area contributed by atoms with E-state index in [9.17, 15) is 9.90 Å². The normalized spacial score (nSPS) is 26.4. The summed E-state index contributed by atoms with van der Waals surface area (Å²) in [5, 5.41) is 12.9. The van der Waals surface area contributed by atoms with Crippen LogP contribution in [0.3, 0.4) is 0 Å². The third kappa shape index (κ3) is 6.20. The SMILES string of the molecule is CC1CCC(OCC(O)CNC(C(N)=O)C(C)C)CC1. The molecule has 0 aromatic rings. The second kappa shape index (κ2) is 8.60. The minimum atomic E-state index is -0.602. The van der Waals surface area contributed by atoms with Crippen LogP contribution in [-0.4, -0.2) is 42.4 Å². The maximum absolute atomic E-state index is 11.2. The summed E-state index contributed by atoms with van der Waals surface area (Å²) in [6.45, 7) is 6.76. The van der Waals surface area contributed by atoms with Crippen LogP contribution >= 0.6 is 0 Å². The molecule has 1 rings (SSSR count). The number of hydrogen-bond donors (Lipinski definition) is 3. The van der Waals surface area contributed by atoms with E-state index in [2.05, 4.69) is 12.2 Å². The fourth-order valence-corrected chi connectivity index (χ4v) is 2.63. The molecule has 2 unspecified atom stereocenters. The van der Waals surface area contributed by atoms with Gasteiger partial charge in [-0.3, -0.25) is 4.79 Å². The molecule has 1 amide bonds. The first kappa shape index (κ1) is 17.4. The molecule has 2 atom stereocenters. The van der Waals surface area contributed by atoms with Gasteiger partial charge in [0.1, 0.15) is 0 Å². The average molecular weight is 286 g/mol. The lowest BCUT2D eigenvalue weighted by molar-refractivity contribution is -0.121. The van der Waals surface area contributed by atoms with Gasteiger partial charge in [0.2, 0.25) is 5.91 Å². The van der Waals surface area contributed by atoms with E-state index < -0.39 is 12.1 Å². The predicted octanol–water partition coefficient (Wildman–Crippen LogP) is 1.04. The highest BCUT2D eigenvalue weighted by molar-refractivity contribution is 5.80. The van der Waals surface area contributed by atoms with Gasteiger partial charge in [-0.2, -0.15) is 0 Å². The molecule has 0 saturated heterocycles. The maximum atomic E-state index is 11.2. The van der Waals surface area contributed by atoms with E-state index in [0.29, 0.717) is 13.2 Å². The zero-order valence-electron chi connectivity index (χ0n) is 13.0. The fraction of sp³-hybridized carbons (Fsp3) is 0.933. The van der Waals surface area contributed by atoms with Crippen molar-refractivity contribution in [3.63, 3.8) is 0 Å². The van der Waals surface area contributed by atoms with E-state index >= 15 is 0 Å². The Labute approximate surface area is 122 Å². The lowest BCUT2D eigenvalue weighted by atomic mass is 9.89. The lowest BCUT2D eigenvalue weighted by Crippen LogP contribution is -2.48. The van der Waals surface area contributed by atoms with E-state index in [0.717, 1.165) is 18.8 Å². The Balaban J connectivity index is 2.19. The Kier molecular flexibility index (Phi) is 7.48. The van der Waals surface area contributed by atoms with Crippen molar-refractivity contribution in [2.24, 2.45) is 17.6 Å². The minimum Gasteiger partial charge on any atom is -0.389 e. The standard InChI is InChI=1S/C15H30N2O3/c1-10(2)14(15(16)19)17-8-12(18)9-20-13-6-4-11(3)5-7-13/h10-14,17-18H,4-9H2,1-3H3,(H2,16,19). The number of aliphatic hydroxyl groups is 1. The van der Waals surface area contributed by atoms with Gasteiger partial charge >= 0.3 is 0 Å². The first-order valence-electron chi connectivity index (χ1n) is 7.72. The van der Waals surface area contributed by atoms with E-state index in [1.165, 1.54) is 12.8 Å². The third-order valence-electron chi connectivity index (χ3n) is 4.03. The number of primary amides is 1. The summed E-state index contributed by atoms with van der Waals surface area (Å²) < 4.78 is 5.74. The molecule has 20 heavy (non-hydrogen) atoms. The summed E-state index contributed by atoms with van der Waals surface area (Å²) in [5.41, 5.74) is 5.31. The molecule has 0 heterocycles. The van der Waals surface area contributed by atoms with Crippen molar-refractivity contribution in [2.45, 2.75) is 64.7 Å². The molecule has 0 spiro atoms. The molecule has 0 bridgehead atoms. The first-order chi connectivity index (χ1) is 9.40. The van der Waals surface area contributed by atoms with Gasteiger partial charge in [0, 0.05) is 6.54 Å². The van der Waals surface area contributed by atoms with Crippen LogP contribution in [-0.2, 0) is 9.53 Å². The average Bonchev–Trinajstić information content (AvgIpc) is 2.37.